The number of carbonyl (C=O) groups is 1. The van der Waals surface area contributed by atoms with Crippen LogP contribution in [0.3, 0.4) is 0 Å². The summed E-state index contributed by atoms with van der Waals surface area (Å²) >= 11 is 0. The third-order valence-electron chi connectivity index (χ3n) is 4.47. The Balaban J connectivity index is 1.62. The standard InChI is InChI=1S/C20H24N2O2/c1-24-19-10-6-5-9-18(19)20(23)22-17-13-11-16(12-14-17)21-15-7-3-2-4-8-15/h5-6,9-15,21H,2-4,7-8H2,1H3,(H,22,23). The van der Waals surface area contributed by atoms with Crippen LogP contribution >= 0.6 is 0 Å². The van der Waals surface area contributed by atoms with Crippen LogP contribution in [0.5, 0.6) is 5.75 Å². The molecule has 1 fully saturated rings. The zero-order chi connectivity index (χ0) is 16.8. The van der Waals surface area contributed by atoms with Gasteiger partial charge in [-0.15, -0.1) is 0 Å². The third kappa shape index (κ3) is 4.07. The van der Waals surface area contributed by atoms with Crippen molar-refractivity contribution in [1.82, 2.24) is 0 Å². The fraction of sp³-hybridized carbons (Fsp3) is 0.350. The maximum atomic E-state index is 12.4. The molecular formula is C20H24N2O2. The highest BCUT2D eigenvalue weighted by atomic mass is 16.5. The molecule has 2 aromatic carbocycles. The Bertz CT molecular complexity index is 676. The van der Waals surface area contributed by atoms with Gasteiger partial charge in [0.15, 0.2) is 0 Å². The number of para-hydroxylation sites is 1. The molecule has 0 radical (unpaired) electrons. The van der Waals surface area contributed by atoms with Gasteiger partial charge in [-0.05, 0) is 49.2 Å². The SMILES string of the molecule is COc1ccccc1C(=O)Nc1ccc(NC2CCCCC2)cc1. The fourth-order valence-corrected chi connectivity index (χ4v) is 3.16. The van der Waals surface area contributed by atoms with Gasteiger partial charge in [-0.3, -0.25) is 4.79 Å². The van der Waals surface area contributed by atoms with Gasteiger partial charge in [-0.25, -0.2) is 0 Å². The molecule has 3 rings (SSSR count). The Morgan fingerprint density at radius 3 is 2.33 bits per heavy atom. The molecule has 24 heavy (non-hydrogen) atoms. The zero-order valence-corrected chi connectivity index (χ0v) is 14.0. The van der Waals surface area contributed by atoms with Crippen LogP contribution in [0, 0.1) is 0 Å². The quantitative estimate of drug-likeness (QED) is 0.838. The van der Waals surface area contributed by atoms with Crippen LogP contribution in [0.25, 0.3) is 0 Å². The molecule has 4 nitrogen and oxygen atoms in total. The molecule has 126 valence electrons. The van der Waals surface area contributed by atoms with Crippen molar-refractivity contribution in [3.8, 4) is 5.75 Å². The van der Waals surface area contributed by atoms with Crippen LogP contribution in [0.15, 0.2) is 48.5 Å². The van der Waals surface area contributed by atoms with Crippen LogP contribution in [0.1, 0.15) is 42.5 Å². The summed E-state index contributed by atoms with van der Waals surface area (Å²) < 4.78 is 5.24. The molecule has 0 saturated heterocycles. The number of nitrogens with one attached hydrogen (secondary N) is 2. The first kappa shape index (κ1) is 16.4. The van der Waals surface area contributed by atoms with Crippen molar-refractivity contribution in [1.29, 1.82) is 0 Å². The molecule has 0 spiro atoms. The Hall–Kier alpha value is -2.49. The Morgan fingerprint density at radius 1 is 0.958 bits per heavy atom. The predicted molar refractivity (Wildman–Crippen MR) is 97.9 cm³/mol. The maximum absolute atomic E-state index is 12.4. The summed E-state index contributed by atoms with van der Waals surface area (Å²) in [5.74, 6) is 0.408. The normalized spacial score (nSPS) is 14.9. The highest BCUT2D eigenvalue weighted by Gasteiger charge is 2.14. The molecule has 0 aliphatic heterocycles. The molecule has 2 N–H and O–H groups in total. The number of benzene rings is 2. The predicted octanol–water partition coefficient (Wildman–Crippen LogP) is 4.69. The van der Waals surface area contributed by atoms with E-state index >= 15 is 0 Å². The van der Waals surface area contributed by atoms with Gasteiger partial charge in [0.1, 0.15) is 5.75 Å². The topological polar surface area (TPSA) is 50.4 Å². The number of hydrogen-bond acceptors (Lipinski definition) is 3. The van der Waals surface area contributed by atoms with Gasteiger partial charge >= 0.3 is 0 Å². The first-order valence-corrected chi connectivity index (χ1v) is 8.57. The van der Waals surface area contributed by atoms with Gasteiger partial charge < -0.3 is 15.4 Å². The van der Waals surface area contributed by atoms with Crippen LogP contribution < -0.4 is 15.4 Å². The van der Waals surface area contributed by atoms with E-state index in [1.165, 1.54) is 32.1 Å². The van der Waals surface area contributed by atoms with Crippen molar-refractivity contribution in [3.05, 3.63) is 54.1 Å². The second-order valence-corrected chi connectivity index (χ2v) is 6.21. The van der Waals surface area contributed by atoms with Gasteiger partial charge in [0.25, 0.3) is 5.91 Å². The highest BCUT2D eigenvalue weighted by Crippen LogP contribution is 2.23. The van der Waals surface area contributed by atoms with Crippen molar-refractivity contribution >= 4 is 17.3 Å². The average molecular weight is 324 g/mol. The molecule has 2 aromatic rings. The van der Waals surface area contributed by atoms with Crippen LogP contribution in [-0.4, -0.2) is 19.1 Å². The molecule has 1 aliphatic rings. The molecule has 4 heteroatoms. The Kier molecular flexibility index (Phi) is 5.36. The van der Waals surface area contributed by atoms with Gasteiger partial charge in [0, 0.05) is 17.4 Å². The van der Waals surface area contributed by atoms with Gasteiger partial charge in [-0.1, -0.05) is 31.4 Å². The number of hydrogen-bond donors (Lipinski definition) is 2. The van der Waals surface area contributed by atoms with Gasteiger partial charge in [0.2, 0.25) is 0 Å². The fourth-order valence-electron chi connectivity index (χ4n) is 3.16. The molecule has 1 aliphatic carbocycles. The highest BCUT2D eigenvalue weighted by molar-refractivity contribution is 6.06. The summed E-state index contributed by atoms with van der Waals surface area (Å²) in [7, 11) is 1.57. The van der Waals surface area contributed by atoms with E-state index in [4.69, 9.17) is 4.74 Å². The van der Waals surface area contributed by atoms with E-state index in [1.807, 2.05) is 36.4 Å². The van der Waals surface area contributed by atoms with Crippen LogP contribution in [0.2, 0.25) is 0 Å². The van der Waals surface area contributed by atoms with Crippen molar-refractivity contribution < 1.29 is 9.53 Å². The van der Waals surface area contributed by atoms with Crippen molar-refractivity contribution in [2.45, 2.75) is 38.1 Å². The summed E-state index contributed by atoms with van der Waals surface area (Å²) in [6.45, 7) is 0. The molecule has 0 aromatic heterocycles. The van der Waals surface area contributed by atoms with E-state index < -0.39 is 0 Å². The maximum Gasteiger partial charge on any atom is 0.259 e. The van der Waals surface area contributed by atoms with E-state index in [0.29, 0.717) is 17.4 Å². The summed E-state index contributed by atoms with van der Waals surface area (Å²) in [6, 6.07) is 15.7. The second-order valence-electron chi connectivity index (χ2n) is 6.21. The average Bonchev–Trinajstić information content (AvgIpc) is 2.64. The number of amides is 1. The summed E-state index contributed by atoms with van der Waals surface area (Å²) in [5, 5.41) is 6.50. The van der Waals surface area contributed by atoms with E-state index in [1.54, 1.807) is 19.2 Å². The lowest BCUT2D eigenvalue weighted by atomic mass is 9.95. The van der Waals surface area contributed by atoms with Crippen LogP contribution in [0.4, 0.5) is 11.4 Å². The molecule has 1 amide bonds. The summed E-state index contributed by atoms with van der Waals surface area (Å²) in [5.41, 5.74) is 2.42. The lowest BCUT2D eigenvalue weighted by Crippen LogP contribution is -2.22. The minimum atomic E-state index is -0.166. The molecule has 1 saturated carbocycles. The first-order chi connectivity index (χ1) is 11.8. The Labute approximate surface area is 143 Å². The van der Waals surface area contributed by atoms with Gasteiger partial charge in [0.05, 0.1) is 12.7 Å². The number of rotatable bonds is 5. The molecule has 0 bridgehead atoms. The number of anilines is 2. The summed E-state index contributed by atoms with van der Waals surface area (Å²) in [6.07, 6.45) is 6.46. The molecular weight excluding hydrogens is 300 g/mol. The largest absolute Gasteiger partial charge is 0.496 e. The minimum Gasteiger partial charge on any atom is -0.496 e. The van der Waals surface area contributed by atoms with Gasteiger partial charge in [-0.2, -0.15) is 0 Å². The van der Waals surface area contributed by atoms with E-state index in [0.717, 1.165) is 11.4 Å². The number of ether oxygens (including phenoxy) is 1. The monoisotopic (exact) mass is 324 g/mol. The van der Waals surface area contributed by atoms with E-state index in [-0.39, 0.29) is 5.91 Å². The molecule has 0 atom stereocenters. The molecule has 0 heterocycles. The van der Waals surface area contributed by atoms with E-state index in [9.17, 15) is 4.79 Å². The lowest BCUT2D eigenvalue weighted by Gasteiger charge is -2.23. The lowest BCUT2D eigenvalue weighted by molar-refractivity contribution is 0.102. The second kappa shape index (κ2) is 7.86. The molecule has 0 unspecified atom stereocenters. The van der Waals surface area contributed by atoms with Crippen LogP contribution in [-0.2, 0) is 0 Å². The number of methoxy groups -OCH3 is 1. The smallest absolute Gasteiger partial charge is 0.259 e. The first-order valence-electron chi connectivity index (χ1n) is 8.57. The van der Waals surface area contributed by atoms with Crippen molar-refractivity contribution in [3.63, 3.8) is 0 Å². The Morgan fingerprint density at radius 2 is 1.62 bits per heavy atom. The van der Waals surface area contributed by atoms with Crippen molar-refractivity contribution in [2.24, 2.45) is 0 Å². The van der Waals surface area contributed by atoms with Crippen molar-refractivity contribution in [2.75, 3.05) is 17.7 Å². The minimum absolute atomic E-state index is 0.166. The number of carbonyl (C=O) groups excluding carboxylic acids is 1. The third-order valence-corrected chi connectivity index (χ3v) is 4.47. The van der Waals surface area contributed by atoms with E-state index in [2.05, 4.69) is 10.6 Å². The zero-order valence-electron chi connectivity index (χ0n) is 14.0. The summed E-state index contributed by atoms with van der Waals surface area (Å²) in [4.78, 5) is 12.4.